The van der Waals surface area contributed by atoms with E-state index in [9.17, 15) is 14.8 Å². The average Bonchev–Trinajstić information content (AvgIpc) is 2.42. The van der Waals surface area contributed by atoms with Crippen LogP contribution in [0.15, 0.2) is 4.99 Å². The zero-order valence-electron chi connectivity index (χ0n) is 11.7. The van der Waals surface area contributed by atoms with Crippen LogP contribution >= 0.6 is 0 Å². The van der Waals surface area contributed by atoms with Gasteiger partial charge in [-0.3, -0.25) is 10.0 Å². The molecule has 0 bridgehead atoms. The van der Waals surface area contributed by atoms with Crippen LogP contribution in [0.3, 0.4) is 0 Å². The van der Waals surface area contributed by atoms with Crippen LogP contribution in [0.4, 0.5) is 4.79 Å². The van der Waals surface area contributed by atoms with Gasteiger partial charge in [0.1, 0.15) is 11.9 Å². The van der Waals surface area contributed by atoms with Gasteiger partial charge in [-0.25, -0.2) is 14.9 Å². The van der Waals surface area contributed by atoms with Gasteiger partial charge >= 0.3 is 12.1 Å². The Morgan fingerprint density at radius 2 is 2.10 bits per heavy atom. The molecule has 0 aromatic heterocycles. The van der Waals surface area contributed by atoms with Crippen molar-refractivity contribution in [3.8, 4) is 0 Å². The minimum absolute atomic E-state index is 0.188. The number of aliphatic carboxylic acids is 1. The molecule has 0 fully saturated rings. The highest BCUT2D eigenvalue weighted by atomic mass is 16.6. The van der Waals surface area contributed by atoms with E-state index in [0.717, 1.165) is 5.06 Å². The number of carboxylic acid groups (broad SMARTS) is 1. The fourth-order valence-corrected chi connectivity index (χ4v) is 1.25. The van der Waals surface area contributed by atoms with Crippen molar-refractivity contribution in [2.24, 2.45) is 10.7 Å². The first-order valence-electron chi connectivity index (χ1n) is 6.18. The van der Waals surface area contributed by atoms with E-state index in [4.69, 9.17) is 10.8 Å². The topological polar surface area (TPSA) is 137 Å². The Balaban J connectivity index is 3.84. The molecule has 9 nitrogen and oxygen atoms in total. The van der Waals surface area contributed by atoms with Gasteiger partial charge in [-0.1, -0.05) is 0 Å². The van der Waals surface area contributed by atoms with Gasteiger partial charge in [-0.15, -0.1) is 0 Å². The lowest BCUT2D eigenvalue weighted by molar-refractivity contribution is -0.138. The molecule has 1 unspecified atom stereocenters. The highest BCUT2D eigenvalue weighted by Crippen LogP contribution is 2.01. The average molecular weight is 290 g/mol. The molecule has 0 aliphatic heterocycles. The number of carbonyl (C=O) groups is 2. The van der Waals surface area contributed by atoms with E-state index >= 15 is 0 Å². The van der Waals surface area contributed by atoms with Crippen LogP contribution in [-0.4, -0.2) is 59.6 Å². The summed E-state index contributed by atoms with van der Waals surface area (Å²) in [7, 11) is 1.43. The van der Waals surface area contributed by atoms with Crippen molar-refractivity contribution in [3.63, 3.8) is 0 Å². The number of alkyl carbamates (subject to hydrolysis) is 1. The number of rotatable bonds is 8. The summed E-state index contributed by atoms with van der Waals surface area (Å²) >= 11 is 0. The number of nitrogens with one attached hydrogen (secondary N) is 1. The first-order chi connectivity index (χ1) is 9.38. The molecule has 0 spiro atoms. The van der Waals surface area contributed by atoms with E-state index < -0.39 is 18.1 Å². The zero-order valence-corrected chi connectivity index (χ0v) is 11.7. The van der Waals surface area contributed by atoms with Gasteiger partial charge in [-0.2, -0.15) is 0 Å². The molecule has 0 radical (unpaired) electrons. The lowest BCUT2D eigenvalue weighted by atomic mass is 10.1. The first kappa shape index (κ1) is 18.1. The highest BCUT2D eigenvalue weighted by molar-refractivity contribution is 5.78. The van der Waals surface area contributed by atoms with Gasteiger partial charge in [0, 0.05) is 13.6 Å². The number of aliphatic imine (C=N–C) groups is 1. The standard InChI is InChI=1S/C11H22N4O5/c1-8(14-7-20-11(18)13-2)15(19)6-4-3-5-9(12)10(16)17/h9,19H,3-7,12H2,1-2H3,(H,13,18)(H,16,17)/b14-8+. The van der Waals surface area contributed by atoms with Crippen LogP contribution in [0.2, 0.25) is 0 Å². The summed E-state index contributed by atoms with van der Waals surface area (Å²) in [6.45, 7) is 1.67. The van der Waals surface area contributed by atoms with Gasteiger partial charge in [0.15, 0.2) is 6.73 Å². The molecule has 0 aliphatic rings. The molecule has 0 heterocycles. The number of amidine groups is 1. The Bertz CT molecular complexity index is 348. The Morgan fingerprint density at radius 3 is 2.65 bits per heavy atom. The fourth-order valence-electron chi connectivity index (χ4n) is 1.25. The van der Waals surface area contributed by atoms with E-state index in [0.29, 0.717) is 31.6 Å². The lowest BCUT2D eigenvalue weighted by Crippen LogP contribution is -2.30. The molecule has 9 heteroatoms. The van der Waals surface area contributed by atoms with Crippen molar-refractivity contribution in [2.45, 2.75) is 32.2 Å². The maximum Gasteiger partial charge on any atom is 0.408 e. The summed E-state index contributed by atoms with van der Waals surface area (Å²) in [4.78, 5) is 25.1. The highest BCUT2D eigenvalue weighted by Gasteiger charge is 2.11. The summed E-state index contributed by atoms with van der Waals surface area (Å²) in [5.74, 6) is -0.730. The first-order valence-corrected chi connectivity index (χ1v) is 6.18. The number of carboxylic acids is 1. The van der Waals surface area contributed by atoms with Gasteiger partial charge in [0.2, 0.25) is 0 Å². The van der Waals surface area contributed by atoms with Gasteiger partial charge in [0.05, 0.1) is 0 Å². The van der Waals surface area contributed by atoms with Crippen molar-refractivity contribution in [1.29, 1.82) is 0 Å². The maximum atomic E-state index is 10.8. The predicted octanol–water partition coefficient (Wildman–Crippen LogP) is -0.00830. The molecule has 0 aromatic carbocycles. The van der Waals surface area contributed by atoms with Crippen molar-refractivity contribution in [3.05, 3.63) is 0 Å². The molecular weight excluding hydrogens is 268 g/mol. The molecule has 0 aliphatic carbocycles. The number of amides is 1. The summed E-state index contributed by atoms with van der Waals surface area (Å²) in [6, 6.07) is -0.877. The maximum absolute atomic E-state index is 10.8. The third-order valence-corrected chi connectivity index (χ3v) is 2.52. The Morgan fingerprint density at radius 1 is 1.45 bits per heavy atom. The van der Waals surface area contributed by atoms with Crippen molar-refractivity contribution < 1.29 is 24.6 Å². The molecule has 0 aromatic rings. The molecular formula is C11H22N4O5. The number of hydrogen-bond donors (Lipinski definition) is 4. The molecule has 5 N–H and O–H groups in total. The molecule has 1 atom stereocenters. The summed E-state index contributed by atoms with van der Waals surface area (Å²) in [5.41, 5.74) is 5.35. The second-order valence-corrected chi connectivity index (χ2v) is 4.08. The lowest BCUT2D eigenvalue weighted by Gasteiger charge is -2.16. The van der Waals surface area contributed by atoms with Crippen LogP contribution in [0, 0.1) is 0 Å². The number of nitrogens with zero attached hydrogens (tertiary/aromatic N) is 2. The van der Waals surface area contributed by atoms with Gasteiger partial charge in [0.25, 0.3) is 0 Å². The molecule has 1 amide bonds. The number of unbranched alkanes of at least 4 members (excludes halogenated alkanes) is 1. The number of hydrogen-bond acceptors (Lipinski definition) is 6. The van der Waals surface area contributed by atoms with Crippen LogP contribution in [-0.2, 0) is 9.53 Å². The second-order valence-electron chi connectivity index (χ2n) is 4.08. The van der Waals surface area contributed by atoms with Crippen LogP contribution in [0.5, 0.6) is 0 Å². The number of nitrogens with two attached hydrogens (primary N) is 1. The minimum atomic E-state index is -1.03. The van der Waals surface area contributed by atoms with E-state index in [1.807, 2.05) is 0 Å². The Labute approximate surface area is 117 Å². The fraction of sp³-hybridized carbons (Fsp3) is 0.727. The van der Waals surface area contributed by atoms with E-state index in [1.54, 1.807) is 6.92 Å². The molecule has 0 rings (SSSR count). The number of carbonyl (C=O) groups excluding carboxylic acids is 1. The quantitative estimate of drug-likeness (QED) is 0.213. The minimum Gasteiger partial charge on any atom is -0.480 e. The third kappa shape index (κ3) is 8.27. The SMILES string of the molecule is CNC(=O)OC/N=C(\C)N(O)CCCCC(N)C(=O)O. The molecule has 0 saturated carbocycles. The zero-order chi connectivity index (χ0) is 15.5. The summed E-state index contributed by atoms with van der Waals surface area (Å²) < 4.78 is 4.64. The number of hydroxylamine groups is 2. The van der Waals surface area contributed by atoms with Crippen LogP contribution in [0.1, 0.15) is 26.2 Å². The van der Waals surface area contributed by atoms with E-state index in [-0.39, 0.29) is 6.73 Å². The van der Waals surface area contributed by atoms with Gasteiger partial charge in [-0.05, 0) is 26.2 Å². The third-order valence-electron chi connectivity index (χ3n) is 2.52. The van der Waals surface area contributed by atoms with E-state index in [1.165, 1.54) is 7.05 Å². The largest absolute Gasteiger partial charge is 0.480 e. The molecule has 116 valence electrons. The molecule has 0 saturated heterocycles. The smallest absolute Gasteiger partial charge is 0.408 e. The second kappa shape index (κ2) is 9.98. The summed E-state index contributed by atoms with van der Waals surface area (Å²) in [6.07, 6.45) is 0.889. The van der Waals surface area contributed by atoms with Crippen molar-refractivity contribution in [1.82, 2.24) is 10.4 Å². The normalized spacial score (nSPS) is 12.7. The monoisotopic (exact) mass is 290 g/mol. The molecule has 20 heavy (non-hydrogen) atoms. The van der Waals surface area contributed by atoms with Crippen molar-refractivity contribution in [2.75, 3.05) is 20.3 Å². The summed E-state index contributed by atoms with van der Waals surface area (Å²) in [5, 5.41) is 21.4. The Hall–Kier alpha value is -1.87. The number of ether oxygens (including phenoxy) is 1. The van der Waals surface area contributed by atoms with Crippen LogP contribution < -0.4 is 11.1 Å². The van der Waals surface area contributed by atoms with Crippen molar-refractivity contribution >= 4 is 17.9 Å². The van der Waals surface area contributed by atoms with Gasteiger partial charge < -0.3 is 20.9 Å². The van der Waals surface area contributed by atoms with E-state index in [2.05, 4.69) is 15.0 Å². The van der Waals surface area contributed by atoms with Crippen LogP contribution in [0.25, 0.3) is 0 Å². The predicted molar refractivity (Wildman–Crippen MR) is 71.5 cm³/mol. The Kier molecular flexibility index (Phi) is 9.05.